The van der Waals surface area contributed by atoms with Gasteiger partial charge >= 0.3 is 0 Å². The second-order valence-electron chi connectivity index (χ2n) is 3.09. The fraction of sp³-hybridized carbons (Fsp3) is 0.200. The van der Waals surface area contributed by atoms with Crippen LogP contribution >= 0.6 is 0 Å². The number of aryl methyl sites for hydroxylation is 1. The highest BCUT2D eigenvalue weighted by atomic mass is 16.5. The summed E-state index contributed by atoms with van der Waals surface area (Å²) in [5, 5.41) is 20.3. The molecule has 0 saturated carbocycles. The third kappa shape index (κ3) is 2.15. The number of hydrogen-bond acceptors (Lipinski definition) is 5. The van der Waals surface area contributed by atoms with Crippen molar-refractivity contribution in [2.45, 2.75) is 6.61 Å². The second-order valence-corrected chi connectivity index (χ2v) is 3.09. The molecule has 1 aromatic carbocycles. The van der Waals surface area contributed by atoms with Crippen LogP contribution in [0.1, 0.15) is 11.4 Å². The molecule has 0 saturated heterocycles. The van der Waals surface area contributed by atoms with Crippen LogP contribution in [0.2, 0.25) is 0 Å². The zero-order chi connectivity index (χ0) is 11.4. The highest BCUT2D eigenvalue weighted by molar-refractivity contribution is 5.42. The highest BCUT2D eigenvalue weighted by Gasteiger charge is 2.04. The third-order valence-corrected chi connectivity index (χ3v) is 1.91. The van der Waals surface area contributed by atoms with Crippen molar-refractivity contribution in [3.63, 3.8) is 0 Å². The quantitative estimate of drug-likeness (QED) is 0.751. The Morgan fingerprint density at radius 2 is 2.25 bits per heavy atom. The van der Waals surface area contributed by atoms with Crippen molar-refractivity contribution in [3.8, 4) is 11.8 Å². The van der Waals surface area contributed by atoms with E-state index in [2.05, 4.69) is 21.5 Å². The average Bonchev–Trinajstić information content (AvgIpc) is 2.73. The molecule has 0 atom stereocenters. The molecule has 6 heteroatoms. The molecule has 6 nitrogen and oxygen atoms in total. The van der Waals surface area contributed by atoms with Crippen molar-refractivity contribution >= 4 is 0 Å². The molecule has 2 aromatic rings. The standard InChI is InChI=1S/C10H9N5O/c1-15-13-10(12-14-15)7-16-9-5-3-2-4-8(9)6-11/h2-5H,7H2,1H3. The molecule has 0 aliphatic heterocycles. The van der Waals surface area contributed by atoms with E-state index in [0.29, 0.717) is 17.1 Å². The molecular formula is C10H9N5O. The number of hydrogen-bond donors (Lipinski definition) is 0. The summed E-state index contributed by atoms with van der Waals surface area (Å²) in [5.74, 6) is 1.01. The maximum Gasteiger partial charge on any atom is 0.212 e. The van der Waals surface area contributed by atoms with E-state index in [1.807, 2.05) is 0 Å². The van der Waals surface area contributed by atoms with E-state index in [0.717, 1.165) is 0 Å². The Bertz CT molecular complexity index is 528. The molecule has 0 radical (unpaired) electrons. The maximum absolute atomic E-state index is 8.84. The van der Waals surface area contributed by atoms with Gasteiger partial charge in [-0.15, -0.1) is 10.2 Å². The minimum Gasteiger partial charge on any atom is -0.484 e. The van der Waals surface area contributed by atoms with Gasteiger partial charge in [-0.2, -0.15) is 10.1 Å². The maximum atomic E-state index is 8.84. The smallest absolute Gasteiger partial charge is 0.212 e. The number of tetrazole rings is 1. The van der Waals surface area contributed by atoms with E-state index in [1.165, 1.54) is 4.80 Å². The Morgan fingerprint density at radius 1 is 1.44 bits per heavy atom. The molecular weight excluding hydrogens is 206 g/mol. The molecule has 80 valence electrons. The van der Waals surface area contributed by atoms with Gasteiger partial charge in [0.1, 0.15) is 11.8 Å². The predicted octanol–water partition coefficient (Wildman–Crippen LogP) is 0.661. The van der Waals surface area contributed by atoms with Crippen LogP contribution in [0.4, 0.5) is 0 Å². The lowest BCUT2D eigenvalue weighted by Gasteiger charge is -2.04. The van der Waals surface area contributed by atoms with Crippen molar-refractivity contribution < 1.29 is 4.74 Å². The summed E-state index contributed by atoms with van der Waals surface area (Å²) in [6.45, 7) is 0.201. The molecule has 0 aliphatic carbocycles. The molecule has 1 aromatic heterocycles. The topological polar surface area (TPSA) is 76.6 Å². The van der Waals surface area contributed by atoms with Gasteiger partial charge in [-0.05, 0) is 17.3 Å². The zero-order valence-corrected chi connectivity index (χ0v) is 8.66. The molecule has 0 aliphatic rings. The van der Waals surface area contributed by atoms with E-state index >= 15 is 0 Å². The molecule has 0 spiro atoms. The number of ether oxygens (including phenoxy) is 1. The summed E-state index contributed by atoms with van der Waals surface area (Å²) >= 11 is 0. The van der Waals surface area contributed by atoms with E-state index in [9.17, 15) is 0 Å². The normalized spacial score (nSPS) is 9.75. The van der Waals surface area contributed by atoms with Crippen molar-refractivity contribution in [2.75, 3.05) is 0 Å². The van der Waals surface area contributed by atoms with Gasteiger partial charge in [-0.3, -0.25) is 0 Å². The number of benzene rings is 1. The Labute approximate surface area is 92.1 Å². The van der Waals surface area contributed by atoms with E-state index in [4.69, 9.17) is 10.00 Å². The van der Waals surface area contributed by atoms with Crippen LogP contribution in [0, 0.1) is 11.3 Å². The number of rotatable bonds is 3. The first kappa shape index (κ1) is 10.1. The van der Waals surface area contributed by atoms with Crippen LogP contribution in [0.15, 0.2) is 24.3 Å². The molecule has 0 bridgehead atoms. The second kappa shape index (κ2) is 4.40. The van der Waals surface area contributed by atoms with Gasteiger partial charge in [0.15, 0.2) is 6.61 Å². The van der Waals surface area contributed by atoms with Gasteiger partial charge in [0.2, 0.25) is 5.82 Å². The Balaban J connectivity index is 2.08. The average molecular weight is 215 g/mol. The summed E-state index contributed by atoms with van der Waals surface area (Å²) in [7, 11) is 1.68. The van der Waals surface area contributed by atoms with Gasteiger partial charge in [0, 0.05) is 0 Å². The minimum absolute atomic E-state index is 0.201. The summed E-state index contributed by atoms with van der Waals surface area (Å²) < 4.78 is 5.43. The molecule has 16 heavy (non-hydrogen) atoms. The lowest BCUT2D eigenvalue weighted by molar-refractivity contribution is 0.294. The van der Waals surface area contributed by atoms with Gasteiger partial charge in [-0.25, -0.2) is 0 Å². The van der Waals surface area contributed by atoms with Crippen molar-refractivity contribution in [3.05, 3.63) is 35.7 Å². The first-order valence-electron chi connectivity index (χ1n) is 4.64. The van der Waals surface area contributed by atoms with Crippen LogP contribution in [-0.2, 0) is 13.7 Å². The molecule has 0 unspecified atom stereocenters. The molecule has 1 heterocycles. The summed E-state index contributed by atoms with van der Waals surface area (Å²) in [4.78, 5) is 1.36. The lowest BCUT2D eigenvalue weighted by Crippen LogP contribution is -2.00. The Morgan fingerprint density at radius 3 is 2.94 bits per heavy atom. The van der Waals surface area contributed by atoms with Crippen LogP contribution < -0.4 is 4.74 Å². The SMILES string of the molecule is Cn1nnc(COc2ccccc2C#N)n1. The van der Waals surface area contributed by atoms with Gasteiger partial charge < -0.3 is 4.74 Å². The van der Waals surface area contributed by atoms with Crippen LogP contribution in [-0.4, -0.2) is 20.2 Å². The fourth-order valence-corrected chi connectivity index (χ4v) is 1.21. The molecule has 0 fully saturated rings. The largest absolute Gasteiger partial charge is 0.484 e. The Kier molecular flexibility index (Phi) is 2.78. The number of nitriles is 1. The lowest BCUT2D eigenvalue weighted by atomic mass is 10.2. The summed E-state index contributed by atoms with van der Waals surface area (Å²) in [6, 6.07) is 9.06. The fourth-order valence-electron chi connectivity index (χ4n) is 1.21. The van der Waals surface area contributed by atoms with Gasteiger partial charge in [-0.1, -0.05) is 12.1 Å². The van der Waals surface area contributed by atoms with Crippen LogP contribution in [0.25, 0.3) is 0 Å². The van der Waals surface area contributed by atoms with Crippen LogP contribution in [0.3, 0.4) is 0 Å². The predicted molar refractivity (Wildman–Crippen MR) is 54.3 cm³/mol. The Hall–Kier alpha value is -2.42. The highest BCUT2D eigenvalue weighted by Crippen LogP contribution is 2.17. The number of para-hydroxylation sites is 1. The summed E-state index contributed by atoms with van der Waals surface area (Å²) in [5.41, 5.74) is 0.492. The van der Waals surface area contributed by atoms with Gasteiger partial charge in [0.25, 0.3) is 0 Å². The number of nitrogens with zero attached hydrogens (tertiary/aromatic N) is 5. The summed E-state index contributed by atoms with van der Waals surface area (Å²) in [6.07, 6.45) is 0. The first-order valence-corrected chi connectivity index (χ1v) is 4.64. The van der Waals surface area contributed by atoms with Crippen LogP contribution in [0.5, 0.6) is 5.75 Å². The molecule has 2 rings (SSSR count). The van der Waals surface area contributed by atoms with E-state index < -0.39 is 0 Å². The number of aromatic nitrogens is 4. The van der Waals surface area contributed by atoms with Crippen molar-refractivity contribution in [1.82, 2.24) is 20.2 Å². The minimum atomic E-state index is 0.201. The molecule has 0 amide bonds. The van der Waals surface area contributed by atoms with Gasteiger partial charge in [0.05, 0.1) is 12.6 Å². The monoisotopic (exact) mass is 215 g/mol. The zero-order valence-electron chi connectivity index (χ0n) is 8.66. The first-order chi connectivity index (χ1) is 7.79. The van der Waals surface area contributed by atoms with Crippen molar-refractivity contribution in [1.29, 1.82) is 5.26 Å². The van der Waals surface area contributed by atoms with E-state index in [-0.39, 0.29) is 6.61 Å². The van der Waals surface area contributed by atoms with Crippen molar-refractivity contribution in [2.24, 2.45) is 7.05 Å². The molecule has 0 N–H and O–H groups in total. The third-order valence-electron chi connectivity index (χ3n) is 1.91. The van der Waals surface area contributed by atoms with E-state index in [1.54, 1.807) is 31.3 Å².